The van der Waals surface area contributed by atoms with Crippen LogP contribution in [0.3, 0.4) is 0 Å². The fraction of sp³-hybridized carbons (Fsp3) is 0.800. The summed E-state index contributed by atoms with van der Waals surface area (Å²) in [5, 5.41) is 17.7. The van der Waals surface area contributed by atoms with E-state index in [0.29, 0.717) is 25.9 Å². The first-order chi connectivity index (χ1) is 7.06. The monoisotopic (exact) mass is 218 g/mol. The van der Waals surface area contributed by atoms with Gasteiger partial charge in [0.25, 0.3) is 0 Å². The van der Waals surface area contributed by atoms with E-state index in [4.69, 9.17) is 5.11 Å². The molecule has 0 aliphatic carbocycles. The second-order valence-corrected chi connectivity index (χ2v) is 3.30. The Hall–Kier alpha value is -1.10. The normalized spacial score (nSPS) is 12.1. The Morgan fingerprint density at radius 3 is 2.53 bits per heavy atom. The van der Waals surface area contributed by atoms with Crippen LogP contribution in [-0.2, 0) is 14.3 Å². The van der Waals surface area contributed by atoms with Gasteiger partial charge in [-0.05, 0) is 19.8 Å². The summed E-state index contributed by atoms with van der Waals surface area (Å²) in [6.45, 7) is 2.02. The van der Waals surface area contributed by atoms with Gasteiger partial charge in [0.2, 0.25) is 0 Å². The molecule has 15 heavy (non-hydrogen) atoms. The van der Waals surface area contributed by atoms with E-state index in [1.54, 1.807) is 6.92 Å². The van der Waals surface area contributed by atoms with Gasteiger partial charge in [0, 0.05) is 6.42 Å². The number of aliphatic carboxylic acids is 1. The van der Waals surface area contributed by atoms with Crippen LogP contribution < -0.4 is 0 Å². The topological polar surface area (TPSA) is 83.8 Å². The van der Waals surface area contributed by atoms with Gasteiger partial charge in [-0.1, -0.05) is 6.42 Å². The molecular formula is C10H18O5. The number of carbonyl (C=O) groups excluding carboxylic acids is 1. The fourth-order valence-electron chi connectivity index (χ4n) is 1.17. The van der Waals surface area contributed by atoms with Gasteiger partial charge >= 0.3 is 11.9 Å². The van der Waals surface area contributed by atoms with E-state index in [0.717, 1.165) is 0 Å². The number of unbranched alkanes of at least 4 members (excludes halogenated alkanes) is 1. The molecular weight excluding hydrogens is 200 g/mol. The first-order valence-electron chi connectivity index (χ1n) is 5.11. The molecule has 0 aromatic carbocycles. The summed E-state index contributed by atoms with van der Waals surface area (Å²) in [5.74, 6) is -1.25. The molecule has 1 atom stereocenters. The summed E-state index contributed by atoms with van der Waals surface area (Å²) >= 11 is 0. The lowest BCUT2D eigenvalue weighted by atomic mass is 10.1. The lowest BCUT2D eigenvalue weighted by molar-refractivity contribution is -0.145. The number of aliphatic hydroxyl groups excluding tert-OH is 1. The smallest absolute Gasteiger partial charge is 0.308 e. The summed E-state index contributed by atoms with van der Waals surface area (Å²) in [6.07, 6.45) is 0.930. The van der Waals surface area contributed by atoms with Crippen LogP contribution in [0.2, 0.25) is 0 Å². The summed E-state index contributed by atoms with van der Waals surface area (Å²) in [4.78, 5) is 21.1. The predicted octanol–water partition coefficient (Wildman–Crippen LogP) is 0.946. The van der Waals surface area contributed by atoms with Crippen LogP contribution in [0.4, 0.5) is 0 Å². The van der Waals surface area contributed by atoms with Crippen LogP contribution >= 0.6 is 0 Å². The molecule has 0 saturated heterocycles. The van der Waals surface area contributed by atoms with Crippen molar-refractivity contribution in [2.45, 2.75) is 45.1 Å². The molecule has 0 unspecified atom stereocenters. The Morgan fingerprint density at radius 2 is 2.00 bits per heavy atom. The zero-order valence-corrected chi connectivity index (χ0v) is 8.94. The van der Waals surface area contributed by atoms with E-state index in [9.17, 15) is 14.7 Å². The molecule has 0 spiro atoms. The van der Waals surface area contributed by atoms with Crippen LogP contribution in [-0.4, -0.2) is 34.9 Å². The molecule has 0 saturated carbocycles. The Kier molecular flexibility index (Phi) is 7.62. The van der Waals surface area contributed by atoms with Gasteiger partial charge in [-0.15, -0.1) is 0 Å². The third-order valence-electron chi connectivity index (χ3n) is 1.89. The molecule has 0 aliphatic heterocycles. The minimum Gasteiger partial charge on any atom is -0.481 e. The van der Waals surface area contributed by atoms with Crippen molar-refractivity contribution in [3.05, 3.63) is 0 Å². The van der Waals surface area contributed by atoms with Gasteiger partial charge in [-0.25, -0.2) is 0 Å². The zero-order chi connectivity index (χ0) is 11.7. The molecule has 2 N–H and O–H groups in total. The maximum Gasteiger partial charge on any atom is 0.308 e. The minimum absolute atomic E-state index is 0.0130. The van der Waals surface area contributed by atoms with Crippen molar-refractivity contribution in [3.8, 4) is 0 Å². The standard InChI is InChI=1S/C10H18O5/c1-2-15-10(14)7-8(11)5-3-4-6-9(12)13/h8,11H,2-7H2,1H3,(H,12,13)/t8-/m1/s1. The fourth-order valence-corrected chi connectivity index (χ4v) is 1.17. The quantitative estimate of drug-likeness (QED) is 0.468. The van der Waals surface area contributed by atoms with Crippen molar-refractivity contribution in [2.75, 3.05) is 6.61 Å². The van der Waals surface area contributed by atoms with Crippen LogP contribution in [0.1, 0.15) is 39.0 Å². The molecule has 5 nitrogen and oxygen atoms in total. The summed E-state index contributed by atoms with van der Waals surface area (Å²) < 4.78 is 4.66. The number of ether oxygens (including phenoxy) is 1. The van der Waals surface area contributed by atoms with Crippen LogP contribution in [0.25, 0.3) is 0 Å². The first kappa shape index (κ1) is 13.9. The number of carbonyl (C=O) groups is 2. The molecule has 0 aromatic rings. The highest BCUT2D eigenvalue weighted by Gasteiger charge is 2.11. The van der Waals surface area contributed by atoms with E-state index < -0.39 is 18.0 Å². The second-order valence-electron chi connectivity index (χ2n) is 3.30. The number of hydrogen-bond donors (Lipinski definition) is 2. The van der Waals surface area contributed by atoms with E-state index in [-0.39, 0.29) is 12.8 Å². The molecule has 0 heterocycles. The Morgan fingerprint density at radius 1 is 1.33 bits per heavy atom. The molecule has 0 aliphatic rings. The second kappa shape index (κ2) is 8.23. The van der Waals surface area contributed by atoms with Gasteiger partial charge in [0.05, 0.1) is 19.1 Å². The highest BCUT2D eigenvalue weighted by molar-refractivity contribution is 5.69. The summed E-state index contributed by atoms with van der Waals surface area (Å²) in [6, 6.07) is 0. The Balaban J connectivity index is 3.44. The van der Waals surface area contributed by atoms with Gasteiger partial charge in [-0.3, -0.25) is 9.59 Å². The third-order valence-corrected chi connectivity index (χ3v) is 1.89. The van der Waals surface area contributed by atoms with Gasteiger partial charge in [-0.2, -0.15) is 0 Å². The van der Waals surface area contributed by atoms with Crippen molar-refractivity contribution >= 4 is 11.9 Å². The lowest BCUT2D eigenvalue weighted by Crippen LogP contribution is -2.15. The molecule has 0 rings (SSSR count). The average molecular weight is 218 g/mol. The minimum atomic E-state index is -0.838. The van der Waals surface area contributed by atoms with Crippen molar-refractivity contribution in [3.63, 3.8) is 0 Å². The van der Waals surface area contributed by atoms with E-state index in [2.05, 4.69) is 4.74 Å². The zero-order valence-electron chi connectivity index (χ0n) is 8.94. The number of carboxylic acids is 1. The van der Waals surface area contributed by atoms with Crippen LogP contribution in [0.15, 0.2) is 0 Å². The third kappa shape index (κ3) is 9.21. The largest absolute Gasteiger partial charge is 0.481 e. The summed E-state index contributed by atoms with van der Waals surface area (Å²) in [5.41, 5.74) is 0. The number of carboxylic acid groups (broad SMARTS) is 1. The molecule has 0 aromatic heterocycles. The molecule has 88 valence electrons. The van der Waals surface area contributed by atoms with Crippen molar-refractivity contribution in [1.29, 1.82) is 0 Å². The van der Waals surface area contributed by atoms with Gasteiger partial charge < -0.3 is 14.9 Å². The highest BCUT2D eigenvalue weighted by Crippen LogP contribution is 2.07. The number of esters is 1. The van der Waals surface area contributed by atoms with Crippen molar-refractivity contribution in [2.24, 2.45) is 0 Å². The molecule has 0 bridgehead atoms. The predicted molar refractivity (Wildman–Crippen MR) is 53.4 cm³/mol. The molecule has 5 heteroatoms. The van der Waals surface area contributed by atoms with Gasteiger partial charge in [0.1, 0.15) is 0 Å². The van der Waals surface area contributed by atoms with E-state index >= 15 is 0 Å². The average Bonchev–Trinajstić information content (AvgIpc) is 2.12. The van der Waals surface area contributed by atoms with Gasteiger partial charge in [0.15, 0.2) is 0 Å². The maximum absolute atomic E-state index is 10.9. The first-order valence-corrected chi connectivity index (χ1v) is 5.11. The maximum atomic E-state index is 10.9. The van der Waals surface area contributed by atoms with E-state index in [1.807, 2.05) is 0 Å². The molecule has 0 radical (unpaired) electrons. The van der Waals surface area contributed by atoms with Crippen LogP contribution in [0.5, 0.6) is 0 Å². The Bertz CT molecular complexity index is 202. The Labute approximate surface area is 89.0 Å². The molecule has 0 fully saturated rings. The number of hydrogen-bond acceptors (Lipinski definition) is 4. The number of aliphatic hydroxyl groups is 1. The SMILES string of the molecule is CCOC(=O)C[C@H](O)CCCCC(=O)O. The summed E-state index contributed by atoms with van der Waals surface area (Å²) in [7, 11) is 0. The highest BCUT2D eigenvalue weighted by atomic mass is 16.5. The van der Waals surface area contributed by atoms with Crippen molar-refractivity contribution in [1.82, 2.24) is 0 Å². The lowest BCUT2D eigenvalue weighted by Gasteiger charge is -2.08. The molecule has 0 amide bonds. The van der Waals surface area contributed by atoms with Crippen LogP contribution in [0, 0.1) is 0 Å². The van der Waals surface area contributed by atoms with E-state index in [1.165, 1.54) is 0 Å². The van der Waals surface area contributed by atoms with Crippen molar-refractivity contribution < 1.29 is 24.5 Å². The number of rotatable bonds is 8.